The number of aliphatic hydroxyl groups is 1. The number of likely N-dealkylation sites (tertiary alicyclic amines) is 1. The van der Waals surface area contributed by atoms with Crippen LogP contribution in [0.2, 0.25) is 0 Å². The molecule has 3 N–H and O–H groups in total. The van der Waals surface area contributed by atoms with Crippen LogP contribution in [0.3, 0.4) is 0 Å². The Morgan fingerprint density at radius 3 is 2.35 bits per heavy atom. The van der Waals surface area contributed by atoms with Crippen molar-refractivity contribution in [1.29, 1.82) is 0 Å². The first kappa shape index (κ1) is 33.4. The second kappa shape index (κ2) is 11.8. The van der Waals surface area contributed by atoms with Crippen molar-refractivity contribution in [3.05, 3.63) is 56.9 Å². The minimum atomic E-state index is -3.05. The molecule has 0 radical (unpaired) electrons. The quantitative estimate of drug-likeness (QED) is 0.158. The first-order chi connectivity index (χ1) is 25.0. The molecule has 272 valence electrons. The number of aromatic nitrogens is 2. The number of cyclic esters (lactones) is 1. The fourth-order valence-electron chi connectivity index (χ4n) is 8.78. The van der Waals surface area contributed by atoms with E-state index in [2.05, 4.69) is 10.2 Å². The zero-order valence-corrected chi connectivity index (χ0v) is 29.8. The van der Waals surface area contributed by atoms with E-state index in [4.69, 9.17) is 23.5 Å². The maximum atomic E-state index is 13.7. The van der Waals surface area contributed by atoms with Crippen LogP contribution in [0.4, 0.5) is 4.79 Å². The first-order valence-electron chi connectivity index (χ1n) is 18.0. The van der Waals surface area contributed by atoms with Crippen LogP contribution in [0, 0.1) is 5.41 Å². The number of benzene rings is 1. The molecule has 0 unspecified atom stereocenters. The fourth-order valence-corrected chi connectivity index (χ4v) is 11.4. The SMILES string of the molecule is CCc1c2c(nc3ccc(OC(=O)N4CCC5(CC4)C(=O)O[P+]4(N[C@@H]6CCCC[C@H]6N4)OC5=O)cc13)-c1cc3c(c(=O)n1C2)COC(=O)[C@]3(O)CC. The Labute approximate surface area is 298 Å². The molecule has 52 heavy (non-hydrogen) atoms. The lowest BCUT2D eigenvalue weighted by Gasteiger charge is -2.39. The predicted molar refractivity (Wildman–Crippen MR) is 185 cm³/mol. The third-order valence-corrected chi connectivity index (χ3v) is 14.0. The summed E-state index contributed by atoms with van der Waals surface area (Å²) in [6, 6.07) is 7.03. The van der Waals surface area contributed by atoms with Crippen LogP contribution >= 0.6 is 8.02 Å². The number of piperidine rings is 1. The maximum absolute atomic E-state index is 13.7. The van der Waals surface area contributed by atoms with Crippen molar-refractivity contribution < 1.29 is 42.8 Å². The van der Waals surface area contributed by atoms with Crippen LogP contribution in [0.15, 0.2) is 29.1 Å². The Morgan fingerprint density at radius 1 is 1.00 bits per heavy atom. The molecule has 9 rings (SSSR count). The van der Waals surface area contributed by atoms with Crippen molar-refractivity contribution in [3.8, 4) is 17.1 Å². The van der Waals surface area contributed by atoms with Gasteiger partial charge in [0.05, 0.1) is 41.1 Å². The minimum Gasteiger partial charge on any atom is -0.458 e. The molecule has 15 nitrogen and oxygen atoms in total. The zero-order chi connectivity index (χ0) is 36.2. The molecule has 0 bridgehead atoms. The van der Waals surface area contributed by atoms with Crippen LogP contribution in [-0.2, 0) is 53.3 Å². The standard InChI is InChI=1S/C36H39N5O10P/c1-3-20-21-15-19(9-10-25(21)37-29-22(20)17-41-28(29)16-24-23(30(41)42)18-48-33(45)36(24,47)4-2)49-34(46)40-13-11-35(12-14-40)31(43)50-52(51-32(35)44)38-26-7-5-6-8-27(26)39-52/h9-10,15-16,26-27,38-39,47H,3-8,11-14,17-18H2,1-2H3/q+1/t26-,27-,36+/m1/s1. The fraction of sp³-hybridized carbons (Fsp3) is 0.500. The molecule has 6 aliphatic rings. The van der Waals surface area contributed by atoms with Crippen molar-refractivity contribution in [2.45, 2.75) is 96.1 Å². The summed E-state index contributed by atoms with van der Waals surface area (Å²) in [6.07, 6.45) is 4.13. The molecule has 3 aromatic rings. The number of rotatable bonds is 3. The highest BCUT2D eigenvalue weighted by molar-refractivity contribution is 7.64. The highest BCUT2D eigenvalue weighted by Crippen LogP contribution is 2.64. The molecule has 1 saturated carbocycles. The number of esters is 1. The van der Waals surface area contributed by atoms with Gasteiger partial charge in [-0.25, -0.2) is 33.2 Å². The van der Waals surface area contributed by atoms with E-state index in [9.17, 15) is 29.1 Å². The highest BCUT2D eigenvalue weighted by Gasteiger charge is 2.70. The number of ether oxygens (including phenoxy) is 2. The lowest BCUT2D eigenvalue weighted by atomic mass is 9.78. The molecule has 2 aromatic heterocycles. The third-order valence-electron chi connectivity index (χ3n) is 11.9. The average Bonchev–Trinajstić information content (AvgIpc) is 3.69. The molecule has 5 aliphatic heterocycles. The number of nitrogens with zero attached hydrogens (tertiary/aromatic N) is 3. The Bertz CT molecular complexity index is 2130. The van der Waals surface area contributed by atoms with E-state index < -0.39 is 43.0 Å². The first-order valence-corrected chi connectivity index (χ1v) is 19.6. The van der Waals surface area contributed by atoms with Gasteiger partial charge in [-0.1, -0.05) is 26.7 Å². The van der Waals surface area contributed by atoms with Gasteiger partial charge < -0.3 is 24.0 Å². The summed E-state index contributed by atoms with van der Waals surface area (Å²) in [5.74, 6) is -1.71. The molecular weight excluding hydrogens is 693 g/mol. The van der Waals surface area contributed by atoms with Crippen molar-refractivity contribution in [1.82, 2.24) is 24.6 Å². The molecule has 16 heteroatoms. The van der Waals surface area contributed by atoms with Gasteiger partial charge in [0, 0.05) is 29.6 Å². The van der Waals surface area contributed by atoms with E-state index in [-0.39, 0.29) is 74.3 Å². The van der Waals surface area contributed by atoms with E-state index in [1.54, 1.807) is 35.8 Å². The van der Waals surface area contributed by atoms with Crippen molar-refractivity contribution in [2.24, 2.45) is 5.41 Å². The highest BCUT2D eigenvalue weighted by atomic mass is 31.2. The molecule has 3 saturated heterocycles. The molecule has 7 heterocycles. The van der Waals surface area contributed by atoms with E-state index in [1.165, 1.54) is 4.90 Å². The molecule has 1 aromatic carbocycles. The number of carbonyl (C=O) groups excluding carboxylic acids is 4. The molecule has 1 amide bonds. The van der Waals surface area contributed by atoms with Crippen molar-refractivity contribution in [2.75, 3.05) is 13.1 Å². The second-order valence-electron chi connectivity index (χ2n) is 14.6. The zero-order valence-electron chi connectivity index (χ0n) is 28.9. The van der Waals surface area contributed by atoms with Crippen LogP contribution in [-0.4, -0.2) is 68.7 Å². The number of pyridine rings is 2. The number of carbonyl (C=O) groups is 4. The normalized spacial score (nSPS) is 26.7. The molecule has 2 spiro atoms. The van der Waals surface area contributed by atoms with E-state index in [1.807, 2.05) is 6.92 Å². The van der Waals surface area contributed by atoms with Gasteiger partial charge >= 0.3 is 32.0 Å². The van der Waals surface area contributed by atoms with Crippen LogP contribution < -0.4 is 20.5 Å². The number of hydrogen-bond acceptors (Lipinski definition) is 13. The summed E-state index contributed by atoms with van der Waals surface area (Å²) in [4.78, 5) is 72.8. The minimum absolute atomic E-state index is 0.0523. The second-order valence-corrected chi connectivity index (χ2v) is 16.5. The monoisotopic (exact) mass is 732 g/mol. The van der Waals surface area contributed by atoms with Gasteiger partial charge in [-0.3, -0.25) is 4.79 Å². The predicted octanol–water partition coefficient (Wildman–Crippen LogP) is 3.50. The smallest absolute Gasteiger partial charge is 0.458 e. The molecule has 3 atom stereocenters. The van der Waals surface area contributed by atoms with Crippen LogP contribution in [0.25, 0.3) is 22.3 Å². The van der Waals surface area contributed by atoms with Gasteiger partial charge in [0.2, 0.25) is 0 Å². The van der Waals surface area contributed by atoms with Crippen LogP contribution in [0.1, 0.15) is 81.0 Å². The van der Waals surface area contributed by atoms with Gasteiger partial charge in [0.25, 0.3) is 5.56 Å². The van der Waals surface area contributed by atoms with Crippen LogP contribution in [0.5, 0.6) is 5.75 Å². The topological polar surface area (TPSA) is 188 Å². The number of nitrogens with one attached hydrogen (secondary N) is 2. The lowest BCUT2D eigenvalue weighted by Crippen LogP contribution is -2.55. The average molecular weight is 733 g/mol. The molecule has 4 fully saturated rings. The van der Waals surface area contributed by atoms with E-state index >= 15 is 0 Å². The van der Waals surface area contributed by atoms with Gasteiger partial charge in [-0.05, 0) is 68.4 Å². The lowest BCUT2D eigenvalue weighted by molar-refractivity contribution is -0.172. The Hall–Kier alpha value is -4.43. The van der Waals surface area contributed by atoms with Gasteiger partial charge in [0.15, 0.2) is 11.0 Å². The van der Waals surface area contributed by atoms with E-state index in [0.717, 1.165) is 42.2 Å². The van der Waals surface area contributed by atoms with E-state index in [0.29, 0.717) is 29.1 Å². The van der Waals surface area contributed by atoms with Crippen molar-refractivity contribution >= 4 is 42.9 Å². The van der Waals surface area contributed by atoms with Gasteiger partial charge in [0.1, 0.15) is 12.4 Å². The largest absolute Gasteiger partial charge is 0.526 e. The number of fused-ring (bicyclic) bond motifs is 6. The number of aryl methyl sites for hydroxylation is 1. The van der Waals surface area contributed by atoms with Gasteiger partial charge in [-0.15, -0.1) is 10.2 Å². The summed E-state index contributed by atoms with van der Waals surface area (Å²) in [6.45, 7) is 3.90. The Morgan fingerprint density at radius 2 is 1.69 bits per heavy atom. The Balaban J connectivity index is 0.928. The van der Waals surface area contributed by atoms with Crippen molar-refractivity contribution in [3.63, 3.8) is 0 Å². The number of amides is 1. The number of hydrogen-bond donors (Lipinski definition) is 3. The summed E-state index contributed by atoms with van der Waals surface area (Å²) in [5.41, 5.74) is 0.287. The van der Waals surface area contributed by atoms with Gasteiger partial charge in [-0.2, -0.15) is 0 Å². The summed E-state index contributed by atoms with van der Waals surface area (Å²) in [7, 11) is -3.05. The third kappa shape index (κ3) is 4.78. The Kier molecular flexibility index (Phi) is 7.57. The summed E-state index contributed by atoms with van der Waals surface area (Å²) in [5, 5.41) is 18.5. The maximum Gasteiger partial charge on any atom is 0.526 e. The molecular formula is C36H39N5O10P+. The summed E-state index contributed by atoms with van der Waals surface area (Å²) >= 11 is 0. The summed E-state index contributed by atoms with van der Waals surface area (Å²) < 4.78 is 24.3. The molecule has 1 aliphatic carbocycles.